The molecule has 0 saturated carbocycles. The summed E-state index contributed by atoms with van der Waals surface area (Å²) in [6.45, 7) is 8.21. The summed E-state index contributed by atoms with van der Waals surface area (Å²) in [5.74, 6) is -0.791. The first-order valence-corrected chi connectivity index (χ1v) is 8.28. The van der Waals surface area contributed by atoms with E-state index in [0.29, 0.717) is 23.0 Å². The maximum Gasteiger partial charge on any atom is 0.350 e. The fraction of sp³-hybridized carbons (Fsp3) is 0.294. The highest BCUT2D eigenvalue weighted by Crippen LogP contribution is 2.24. The van der Waals surface area contributed by atoms with Gasteiger partial charge in [0.15, 0.2) is 6.61 Å². The van der Waals surface area contributed by atoms with E-state index >= 15 is 0 Å². The van der Waals surface area contributed by atoms with Crippen LogP contribution in [0, 0.1) is 0 Å². The Morgan fingerprint density at radius 1 is 1.33 bits per heavy atom. The van der Waals surface area contributed by atoms with E-state index in [1.165, 1.54) is 17.5 Å². The van der Waals surface area contributed by atoms with Gasteiger partial charge >= 0.3 is 5.97 Å². The summed E-state index contributed by atoms with van der Waals surface area (Å²) in [5.41, 5.74) is 1.75. The average molecular weight is 345 g/mol. The molecule has 0 aliphatic heterocycles. The molecule has 2 aromatic rings. The summed E-state index contributed by atoms with van der Waals surface area (Å²) in [7, 11) is 0. The Hall–Kier alpha value is -2.54. The van der Waals surface area contributed by atoms with Crippen molar-refractivity contribution in [3.63, 3.8) is 0 Å². The second-order valence-corrected chi connectivity index (χ2v) is 6.24. The molecule has 0 aromatic carbocycles. The molecule has 1 amide bonds. The van der Waals surface area contributed by atoms with Gasteiger partial charge in [-0.05, 0) is 26.0 Å². The number of hydrogen-bond donors (Lipinski definition) is 0. The van der Waals surface area contributed by atoms with E-state index in [1.54, 1.807) is 17.3 Å². The third-order valence-electron chi connectivity index (χ3n) is 3.16. The van der Waals surface area contributed by atoms with Crippen LogP contribution in [0.15, 0.2) is 42.9 Å². The number of amides is 1. The lowest BCUT2D eigenvalue weighted by Gasteiger charge is -2.20. The predicted octanol–water partition coefficient (Wildman–Crippen LogP) is 2.79. The Morgan fingerprint density at radius 2 is 2.04 bits per heavy atom. The smallest absolute Gasteiger partial charge is 0.350 e. The molecule has 2 rings (SSSR count). The number of hydrogen-bond acceptors (Lipinski definition) is 6. The highest BCUT2D eigenvalue weighted by atomic mass is 32.1. The maximum atomic E-state index is 12.1. The molecule has 0 atom stereocenters. The van der Waals surface area contributed by atoms with Crippen LogP contribution in [0.4, 0.5) is 0 Å². The Labute approximate surface area is 144 Å². The minimum absolute atomic E-state index is 0.243. The lowest BCUT2D eigenvalue weighted by atomic mass is 10.3. The molecule has 2 aromatic heterocycles. The normalized spacial score (nSPS) is 10.2. The molecular formula is C17H19N3O3S. The van der Waals surface area contributed by atoms with Crippen LogP contribution in [-0.4, -0.2) is 46.4 Å². The Morgan fingerprint density at radius 3 is 2.67 bits per heavy atom. The molecule has 0 radical (unpaired) electrons. The van der Waals surface area contributed by atoms with E-state index in [0.717, 1.165) is 11.1 Å². The Balaban J connectivity index is 1.94. The molecule has 0 bridgehead atoms. The highest BCUT2D eigenvalue weighted by molar-refractivity contribution is 7.16. The van der Waals surface area contributed by atoms with Crippen molar-refractivity contribution in [1.82, 2.24) is 14.9 Å². The van der Waals surface area contributed by atoms with Gasteiger partial charge in [0.2, 0.25) is 0 Å². The number of rotatable bonds is 7. The lowest BCUT2D eigenvalue weighted by Crippen LogP contribution is -2.35. The third kappa shape index (κ3) is 4.73. The maximum absolute atomic E-state index is 12.1. The first kappa shape index (κ1) is 17.8. The van der Waals surface area contributed by atoms with Gasteiger partial charge in [-0.25, -0.2) is 9.78 Å². The van der Waals surface area contributed by atoms with Gasteiger partial charge in [0.25, 0.3) is 5.91 Å². The standard InChI is InChI=1S/C17H19N3O3S/c1-4-20(10-12(2)3)15(21)11-23-17(22)14-9-19-16(24-14)13-5-7-18-8-6-13/h5-9H,2,4,10-11H2,1,3H3. The quantitative estimate of drug-likeness (QED) is 0.570. The van der Waals surface area contributed by atoms with Crippen molar-refractivity contribution in [1.29, 1.82) is 0 Å². The van der Waals surface area contributed by atoms with Crippen molar-refractivity contribution >= 4 is 23.2 Å². The number of carbonyl (C=O) groups is 2. The minimum Gasteiger partial charge on any atom is -0.451 e. The van der Waals surface area contributed by atoms with Crippen LogP contribution in [0.25, 0.3) is 10.6 Å². The topological polar surface area (TPSA) is 72.4 Å². The molecule has 126 valence electrons. The van der Waals surface area contributed by atoms with Crippen molar-refractivity contribution in [2.24, 2.45) is 0 Å². The van der Waals surface area contributed by atoms with Crippen LogP contribution in [-0.2, 0) is 9.53 Å². The second kappa shape index (κ2) is 8.35. The zero-order chi connectivity index (χ0) is 17.5. The van der Waals surface area contributed by atoms with Gasteiger partial charge in [0.1, 0.15) is 9.88 Å². The summed E-state index contributed by atoms with van der Waals surface area (Å²) in [5, 5.41) is 0.702. The van der Waals surface area contributed by atoms with Crippen LogP contribution < -0.4 is 0 Å². The molecule has 7 heteroatoms. The first-order valence-electron chi connectivity index (χ1n) is 7.46. The van der Waals surface area contributed by atoms with Crippen LogP contribution in [0.5, 0.6) is 0 Å². The van der Waals surface area contributed by atoms with Gasteiger partial charge in [-0.15, -0.1) is 11.3 Å². The Bertz CT molecular complexity index is 728. The molecule has 0 saturated heterocycles. The number of carbonyl (C=O) groups excluding carboxylic acids is 2. The minimum atomic E-state index is -0.549. The van der Waals surface area contributed by atoms with Crippen LogP contribution >= 0.6 is 11.3 Å². The fourth-order valence-electron chi connectivity index (χ4n) is 1.99. The number of thiazole rings is 1. The third-order valence-corrected chi connectivity index (χ3v) is 4.18. The number of ether oxygens (including phenoxy) is 1. The SMILES string of the molecule is C=C(C)CN(CC)C(=O)COC(=O)c1cnc(-c2ccncc2)s1. The summed E-state index contributed by atoms with van der Waals surface area (Å²) in [6.07, 6.45) is 4.78. The van der Waals surface area contributed by atoms with Crippen molar-refractivity contribution in [3.05, 3.63) is 47.8 Å². The number of nitrogens with zero attached hydrogens (tertiary/aromatic N) is 3. The van der Waals surface area contributed by atoms with Gasteiger partial charge in [-0.1, -0.05) is 12.2 Å². The van der Waals surface area contributed by atoms with Gasteiger partial charge < -0.3 is 9.64 Å². The van der Waals surface area contributed by atoms with Crippen molar-refractivity contribution in [3.8, 4) is 10.6 Å². The zero-order valence-electron chi connectivity index (χ0n) is 13.7. The number of pyridine rings is 1. The fourth-order valence-corrected chi connectivity index (χ4v) is 2.80. The zero-order valence-corrected chi connectivity index (χ0v) is 14.5. The van der Waals surface area contributed by atoms with Crippen LogP contribution in [0.2, 0.25) is 0 Å². The molecule has 0 aliphatic rings. The molecule has 0 spiro atoms. The van der Waals surface area contributed by atoms with Gasteiger partial charge in [-0.2, -0.15) is 0 Å². The molecule has 0 N–H and O–H groups in total. The summed E-state index contributed by atoms with van der Waals surface area (Å²) in [6, 6.07) is 3.63. The number of likely N-dealkylation sites (N-methyl/N-ethyl adjacent to an activating group) is 1. The van der Waals surface area contributed by atoms with E-state index in [2.05, 4.69) is 16.5 Å². The molecule has 0 aliphatic carbocycles. The lowest BCUT2D eigenvalue weighted by molar-refractivity contribution is -0.133. The summed E-state index contributed by atoms with van der Waals surface area (Å²) < 4.78 is 5.10. The number of esters is 1. The predicted molar refractivity (Wildman–Crippen MR) is 92.7 cm³/mol. The van der Waals surface area contributed by atoms with Gasteiger partial charge in [0, 0.05) is 31.0 Å². The highest BCUT2D eigenvalue weighted by Gasteiger charge is 2.17. The molecule has 24 heavy (non-hydrogen) atoms. The van der Waals surface area contributed by atoms with Gasteiger partial charge in [-0.3, -0.25) is 9.78 Å². The molecule has 0 unspecified atom stereocenters. The molecule has 6 nitrogen and oxygen atoms in total. The van der Waals surface area contributed by atoms with Crippen molar-refractivity contribution < 1.29 is 14.3 Å². The number of aromatic nitrogens is 2. The van der Waals surface area contributed by atoms with Crippen molar-refractivity contribution in [2.45, 2.75) is 13.8 Å². The Kier molecular flexibility index (Phi) is 6.20. The van der Waals surface area contributed by atoms with E-state index < -0.39 is 5.97 Å². The van der Waals surface area contributed by atoms with Crippen molar-refractivity contribution in [2.75, 3.05) is 19.7 Å². The van der Waals surface area contributed by atoms with E-state index in [-0.39, 0.29) is 12.5 Å². The molecule has 0 fully saturated rings. The van der Waals surface area contributed by atoms with Gasteiger partial charge in [0.05, 0.1) is 6.20 Å². The van der Waals surface area contributed by atoms with E-state index in [9.17, 15) is 9.59 Å². The van der Waals surface area contributed by atoms with Crippen LogP contribution in [0.1, 0.15) is 23.5 Å². The average Bonchev–Trinajstić information content (AvgIpc) is 3.08. The van der Waals surface area contributed by atoms with Crippen LogP contribution in [0.3, 0.4) is 0 Å². The van der Waals surface area contributed by atoms with E-state index in [4.69, 9.17) is 4.74 Å². The summed E-state index contributed by atoms with van der Waals surface area (Å²) in [4.78, 5) is 34.2. The second-order valence-electron chi connectivity index (χ2n) is 5.21. The first-order chi connectivity index (χ1) is 11.5. The molecule has 2 heterocycles. The molecular weight excluding hydrogens is 326 g/mol. The van der Waals surface area contributed by atoms with E-state index in [1.807, 2.05) is 26.0 Å². The monoisotopic (exact) mass is 345 g/mol. The largest absolute Gasteiger partial charge is 0.451 e. The summed E-state index contributed by atoms with van der Waals surface area (Å²) >= 11 is 1.22.